The molecule has 0 atom stereocenters. The highest BCUT2D eigenvalue weighted by Crippen LogP contribution is 2.35. The van der Waals surface area contributed by atoms with Crippen molar-refractivity contribution in [1.29, 1.82) is 0 Å². The molecule has 30 heavy (non-hydrogen) atoms. The summed E-state index contributed by atoms with van der Waals surface area (Å²) in [4.78, 5) is 20.2. The van der Waals surface area contributed by atoms with Gasteiger partial charge in [-0.1, -0.05) is 24.3 Å². The molecule has 0 amide bonds. The van der Waals surface area contributed by atoms with Crippen LogP contribution in [0.3, 0.4) is 0 Å². The molecule has 0 fully saturated rings. The van der Waals surface area contributed by atoms with E-state index in [9.17, 15) is 13.0 Å². The molecule has 2 aromatic rings. The first-order chi connectivity index (χ1) is 13.8. The molecule has 0 saturated carbocycles. The van der Waals surface area contributed by atoms with E-state index in [4.69, 9.17) is 9.79 Å². The van der Waals surface area contributed by atoms with E-state index in [0.717, 1.165) is 11.1 Å². The van der Waals surface area contributed by atoms with Gasteiger partial charge < -0.3 is 19.2 Å². The Balaban J connectivity index is 2.01. The maximum Gasteiger partial charge on any atom is 0.325 e. The summed E-state index contributed by atoms with van der Waals surface area (Å²) in [7, 11) is 0.161. The van der Waals surface area contributed by atoms with E-state index in [1.807, 2.05) is 57.4 Å². The summed E-state index contributed by atoms with van der Waals surface area (Å²) in [5.74, 6) is 0. The summed E-state index contributed by atoms with van der Waals surface area (Å²) in [6.45, 7) is 1.62. The molecule has 10 heteroatoms. The molecule has 8 nitrogen and oxygen atoms in total. The fourth-order valence-corrected chi connectivity index (χ4v) is 5.34. The lowest BCUT2D eigenvalue weighted by Crippen LogP contribution is -2.42. The lowest BCUT2D eigenvalue weighted by molar-refractivity contribution is -0.890. The Hall–Kier alpha value is -1.48. The maximum absolute atomic E-state index is 12.9. The summed E-state index contributed by atoms with van der Waals surface area (Å²) >= 11 is 0. The second kappa shape index (κ2) is 9.77. The third-order valence-electron chi connectivity index (χ3n) is 5.08. The Morgan fingerprint density at radius 2 is 1.60 bits per heavy atom. The van der Waals surface area contributed by atoms with Crippen LogP contribution in [-0.2, 0) is 14.6 Å². The predicted octanol–water partition coefficient (Wildman–Crippen LogP) is 2.22. The average Bonchev–Trinajstić information content (AvgIpc) is 2.63. The van der Waals surface area contributed by atoms with Crippen molar-refractivity contribution in [3.8, 4) is 0 Å². The first-order valence-corrected chi connectivity index (χ1v) is 13.2. The van der Waals surface area contributed by atoms with Gasteiger partial charge in [0.25, 0.3) is 0 Å². The normalized spacial score (nSPS) is 13.0. The van der Waals surface area contributed by atoms with Crippen LogP contribution in [0.5, 0.6) is 0 Å². The largest absolute Gasteiger partial charge is 0.377 e. The molecular weight excluding hydrogens is 425 g/mol. The standard InChI is InChI=1S/C20H32N3O5PS/c1-22(2)19-11-5-10-18-17(19)9-6-12-20(18)30(27,28)21-13-7-14-23(3,4)15-8-16-29(24,25)26/h5-6,9-12,21H,7-8,13-16H2,1-4H3,(H-,24,25,26)/p+1. The molecule has 0 aromatic heterocycles. The zero-order valence-electron chi connectivity index (χ0n) is 18.1. The molecule has 0 aliphatic heterocycles. The average molecular weight is 459 g/mol. The highest BCUT2D eigenvalue weighted by Gasteiger charge is 2.21. The van der Waals surface area contributed by atoms with Gasteiger partial charge in [-0.3, -0.25) is 4.57 Å². The van der Waals surface area contributed by atoms with Gasteiger partial charge in [0, 0.05) is 49.9 Å². The molecule has 0 radical (unpaired) electrons. The van der Waals surface area contributed by atoms with Gasteiger partial charge in [-0.2, -0.15) is 0 Å². The van der Waals surface area contributed by atoms with Crippen LogP contribution in [0, 0.1) is 0 Å². The van der Waals surface area contributed by atoms with Crippen LogP contribution in [0.25, 0.3) is 10.8 Å². The molecule has 2 rings (SSSR count). The van der Waals surface area contributed by atoms with Crippen LogP contribution in [-0.4, -0.2) is 76.7 Å². The fourth-order valence-electron chi connectivity index (χ4n) is 3.50. The number of nitrogens with zero attached hydrogens (tertiary/aromatic N) is 2. The number of rotatable bonds is 11. The van der Waals surface area contributed by atoms with Crippen molar-refractivity contribution < 1.29 is 27.3 Å². The monoisotopic (exact) mass is 458 g/mol. The van der Waals surface area contributed by atoms with Crippen molar-refractivity contribution in [3.05, 3.63) is 36.4 Å². The third-order valence-corrected chi connectivity index (χ3v) is 7.49. The Morgan fingerprint density at radius 1 is 1.00 bits per heavy atom. The molecule has 0 bridgehead atoms. The van der Waals surface area contributed by atoms with Crippen LogP contribution >= 0.6 is 7.60 Å². The Kier molecular flexibility index (Phi) is 8.07. The van der Waals surface area contributed by atoms with Crippen molar-refractivity contribution in [3.63, 3.8) is 0 Å². The van der Waals surface area contributed by atoms with Crippen molar-refractivity contribution in [2.24, 2.45) is 0 Å². The first-order valence-electron chi connectivity index (χ1n) is 9.88. The molecule has 0 unspecified atom stereocenters. The molecule has 168 valence electrons. The van der Waals surface area contributed by atoms with Gasteiger partial charge >= 0.3 is 7.60 Å². The van der Waals surface area contributed by atoms with E-state index < -0.39 is 17.6 Å². The van der Waals surface area contributed by atoms with E-state index in [2.05, 4.69) is 4.72 Å². The van der Waals surface area contributed by atoms with Crippen LogP contribution < -0.4 is 9.62 Å². The molecule has 0 aliphatic carbocycles. The number of sulfonamides is 1. The first kappa shape index (κ1) is 24.8. The molecular formula is C20H33N3O5PS+. The highest BCUT2D eigenvalue weighted by atomic mass is 32.2. The summed E-state index contributed by atoms with van der Waals surface area (Å²) in [5, 5.41) is 1.57. The van der Waals surface area contributed by atoms with Crippen LogP contribution in [0.1, 0.15) is 12.8 Å². The van der Waals surface area contributed by atoms with Crippen molar-refractivity contribution in [2.75, 3.05) is 58.9 Å². The summed E-state index contributed by atoms with van der Waals surface area (Å²) in [6, 6.07) is 10.9. The van der Waals surface area contributed by atoms with Crippen LogP contribution in [0.2, 0.25) is 0 Å². The van der Waals surface area contributed by atoms with Crippen molar-refractivity contribution in [1.82, 2.24) is 4.72 Å². The molecule has 2 aromatic carbocycles. The Bertz CT molecular complexity index is 1020. The van der Waals surface area contributed by atoms with Gasteiger partial charge in [0.1, 0.15) is 0 Å². The summed E-state index contributed by atoms with van der Waals surface area (Å²) in [5.41, 5.74) is 0.957. The van der Waals surface area contributed by atoms with E-state index >= 15 is 0 Å². The number of hydrogen-bond acceptors (Lipinski definition) is 4. The quantitative estimate of drug-likeness (QED) is 0.271. The SMILES string of the molecule is CN(C)c1cccc2c(S(=O)(=O)NCCC[N+](C)(C)CCCP(=O)(O)O)cccc12. The molecule has 0 spiro atoms. The topological polar surface area (TPSA) is 107 Å². The minimum Gasteiger partial charge on any atom is -0.377 e. The van der Waals surface area contributed by atoms with Crippen LogP contribution in [0.15, 0.2) is 41.3 Å². The van der Waals surface area contributed by atoms with Crippen molar-refractivity contribution in [2.45, 2.75) is 17.7 Å². The number of fused-ring (bicyclic) bond motifs is 1. The minimum atomic E-state index is -3.97. The van der Waals surface area contributed by atoms with Crippen molar-refractivity contribution >= 4 is 34.1 Å². The fraction of sp³-hybridized carbons (Fsp3) is 0.500. The second-order valence-electron chi connectivity index (χ2n) is 8.40. The molecule has 0 aliphatic rings. The minimum absolute atomic E-state index is 0.128. The van der Waals surface area contributed by atoms with Gasteiger partial charge in [-0.15, -0.1) is 0 Å². The zero-order valence-corrected chi connectivity index (χ0v) is 19.8. The predicted molar refractivity (Wildman–Crippen MR) is 121 cm³/mol. The van der Waals surface area contributed by atoms with Gasteiger partial charge in [-0.25, -0.2) is 13.1 Å². The third kappa shape index (κ3) is 7.04. The number of nitrogens with one attached hydrogen (secondary N) is 1. The van der Waals surface area contributed by atoms with Gasteiger partial charge in [0.2, 0.25) is 10.0 Å². The second-order valence-corrected chi connectivity index (χ2v) is 11.9. The maximum atomic E-state index is 12.9. The highest BCUT2D eigenvalue weighted by molar-refractivity contribution is 7.89. The lowest BCUT2D eigenvalue weighted by Gasteiger charge is -2.30. The van der Waals surface area contributed by atoms with E-state index in [1.165, 1.54) is 0 Å². The molecule has 0 heterocycles. The summed E-state index contributed by atoms with van der Waals surface area (Å²) in [6.07, 6.45) is 0.917. The lowest BCUT2D eigenvalue weighted by atomic mass is 10.1. The van der Waals surface area contributed by atoms with Gasteiger partial charge in [-0.05, 0) is 12.1 Å². The van der Waals surface area contributed by atoms with Gasteiger partial charge in [0.15, 0.2) is 0 Å². The van der Waals surface area contributed by atoms with E-state index in [1.54, 1.807) is 12.1 Å². The van der Waals surface area contributed by atoms with E-state index in [-0.39, 0.29) is 11.1 Å². The smallest absolute Gasteiger partial charge is 0.325 e. The molecule has 3 N–H and O–H groups in total. The number of anilines is 1. The summed E-state index contributed by atoms with van der Waals surface area (Å²) < 4.78 is 40.1. The number of hydrogen-bond donors (Lipinski definition) is 3. The Labute approximate surface area is 179 Å². The van der Waals surface area contributed by atoms with Gasteiger partial charge in [0.05, 0.1) is 38.2 Å². The Morgan fingerprint density at radius 3 is 2.23 bits per heavy atom. The van der Waals surface area contributed by atoms with Crippen LogP contribution in [0.4, 0.5) is 5.69 Å². The molecule has 0 saturated heterocycles. The number of quaternary nitrogens is 1. The van der Waals surface area contributed by atoms with E-state index in [0.29, 0.717) is 42.3 Å². The number of benzene rings is 2. The zero-order chi connectivity index (χ0) is 22.6.